The second kappa shape index (κ2) is 6.21. The SMILES string of the molecule is Cc1ccc2c(c1C)N(CCOc1ccccc1)CCC2. The lowest BCUT2D eigenvalue weighted by Gasteiger charge is -2.33. The van der Waals surface area contributed by atoms with Gasteiger partial charge in [-0.05, 0) is 55.5 Å². The number of rotatable bonds is 4. The summed E-state index contributed by atoms with van der Waals surface area (Å²) in [5.41, 5.74) is 5.73. The van der Waals surface area contributed by atoms with Crippen molar-refractivity contribution in [2.75, 3.05) is 24.6 Å². The Morgan fingerprint density at radius 2 is 1.86 bits per heavy atom. The van der Waals surface area contributed by atoms with Crippen molar-refractivity contribution >= 4 is 5.69 Å². The first-order chi connectivity index (χ1) is 10.3. The van der Waals surface area contributed by atoms with Crippen molar-refractivity contribution in [3.63, 3.8) is 0 Å². The summed E-state index contributed by atoms with van der Waals surface area (Å²) in [5.74, 6) is 0.954. The molecule has 110 valence electrons. The Labute approximate surface area is 127 Å². The van der Waals surface area contributed by atoms with Gasteiger partial charge in [0.2, 0.25) is 0 Å². The first-order valence-corrected chi connectivity index (χ1v) is 7.77. The van der Waals surface area contributed by atoms with Crippen LogP contribution in [0.3, 0.4) is 0 Å². The molecular formula is C19H23NO. The molecule has 0 aliphatic carbocycles. The molecule has 0 unspecified atom stereocenters. The molecule has 2 aromatic carbocycles. The van der Waals surface area contributed by atoms with Crippen LogP contribution in [0.2, 0.25) is 0 Å². The summed E-state index contributed by atoms with van der Waals surface area (Å²) in [6, 6.07) is 14.6. The van der Waals surface area contributed by atoms with E-state index in [0.717, 1.165) is 25.4 Å². The molecule has 2 heteroatoms. The highest BCUT2D eigenvalue weighted by atomic mass is 16.5. The lowest BCUT2D eigenvalue weighted by molar-refractivity contribution is 0.322. The summed E-state index contributed by atoms with van der Waals surface area (Å²) in [4.78, 5) is 2.49. The zero-order chi connectivity index (χ0) is 14.7. The van der Waals surface area contributed by atoms with Gasteiger partial charge in [-0.1, -0.05) is 30.3 Å². The molecule has 0 bridgehead atoms. The highest BCUT2D eigenvalue weighted by Gasteiger charge is 2.19. The van der Waals surface area contributed by atoms with E-state index in [9.17, 15) is 0 Å². The number of fused-ring (bicyclic) bond motifs is 1. The third kappa shape index (κ3) is 3.05. The quantitative estimate of drug-likeness (QED) is 0.835. The minimum absolute atomic E-state index is 0.733. The third-order valence-electron chi connectivity index (χ3n) is 4.35. The minimum Gasteiger partial charge on any atom is -0.492 e. The number of nitrogens with zero attached hydrogens (tertiary/aromatic N) is 1. The fraction of sp³-hybridized carbons (Fsp3) is 0.368. The van der Waals surface area contributed by atoms with Crippen LogP contribution in [-0.2, 0) is 6.42 Å². The van der Waals surface area contributed by atoms with E-state index in [4.69, 9.17) is 4.74 Å². The van der Waals surface area contributed by atoms with Crippen molar-refractivity contribution in [1.29, 1.82) is 0 Å². The second-order valence-corrected chi connectivity index (χ2v) is 5.77. The van der Waals surface area contributed by atoms with Gasteiger partial charge < -0.3 is 9.64 Å². The van der Waals surface area contributed by atoms with Crippen LogP contribution in [0, 0.1) is 13.8 Å². The number of aryl methyl sites for hydroxylation is 2. The van der Waals surface area contributed by atoms with E-state index in [1.807, 2.05) is 30.3 Å². The summed E-state index contributed by atoms with van der Waals surface area (Å²) in [6.07, 6.45) is 2.44. The summed E-state index contributed by atoms with van der Waals surface area (Å²) in [7, 11) is 0. The van der Waals surface area contributed by atoms with Gasteiger partial charge in [-0.25, -0.2) is 0 Å². The molecule has 0 amide bonds. The molecule has 1 aliphatic rings. The number of anilines is 1. The average molecular weight is 281 g/mol. The van der Waals surface area contributed by atoms with Gasteiger partial charge in [0.1, 0.15) is 12.4 Å². The molecule has 0 atom stereocenters. The molecule has 1 heterocycles. The van der Waals surface area contributed by atoms with E-state index in [-0.39, 0.29) is 0 Å². The van der Waals surface area contributed by atoms with E-state index in [1.54, 1.807) is 0 Å². The highest BCUT2D eigenvalue weighted by Crippen LogP contribution is 2.32. The summed E-state index contributed by atoms with van der Waals surface area (Å²) >= 11 is 0. The molecule has 0 radical (unpaired) electrons. The van der Waals surface area contributed by atoms with Crippen LogP contribution >= 0.6 is 0 Å². The Morgan fingerprint density at radius 1 is 1.05 bits per heavy atom. The third-order valence-corrected chi connectivity index (χ3v) is 4.35. The Morgan fingerprint density at radius 3 is 2.67 bits per heavy atom. The predicted molar refractivity (Wildman–Crippen MR) is 88.4 cm³/mol. The maximum absolute atomic E-state index is 5.85. The molecule has 2 aromatic rings. The van der Waals surface area contributed by atoms with E-state index in [0.29, 0.717) is 0 Å². The molecular weight excluding hydrogens is 258 g/mol. The van der Waals surface area contributed by atoms with E-state index in [1.165, 1.54) is 35.2 Å². The Hall–Kier alpha value is -1.96. The predicted octanol–water partition coefficient (Wildman–Crippen LogP) is 4.14. The summed E-state index contributed by atoms with van der Waals surface area (Å²) < 4.78 is 5.85. The fourth-order valence-electron chi connectivity index (χ4n) is 3.09. The van der Waals surface area contributed by atoms with Gasteiger partial charge in [0, 0.05) is 12.2 Å². The van der Waals surface area contributed by atoms with Crippen LogP contribution in [-0.4, -0.2) is 19.7 Å². The molecule has 0 saturated carbocycles. The lowest BCUT2D eigenvalue weighted by atomic mass is 9.95. The van der Waals surface area contributed by atoms with Crippen molar-refractivity contribution < 1.29 is 4.74 Å². The maximum atomic E-state index is 5.85. The summed E-state index contributed by atoms with van der Waals surface area (Å²) in [6.45, 7) is 7.26. The van der Waals surface area contributed by atoms with Crippen LogP contribution in [0.5, 0.6) is 5.75 Å². The lowest BCUT2D eigenvalue weighted by Crippen LogP contribution is -2.34. The molecule has 2 nitrogen and oxygen atoms in total. The van der Waals surface area contributed by atoms with E-state index < -0.39 is 0 Å². The van der Waals surface area contributed by atoms with Crippen LogP contribution < -0.4 is 9.64 Å². The van der Waals surface area contributed by atoms with Crippen molar-refractivity contribution in [2.24, 2.45) is 0 Å². The zero-order valence-electron chi connectivity index (χ0n) is 12.9. The Kier molecular flexibility index (Phi) is 4.14. The molecule has 0 aromatic heterocycles. The van der Waals surface area contributed by atoms with E-state index >= 15 is 0 Å². The number of hydrogen-bond acceptors (Lipinski definition) is 2. The molecule has 21 heavy (non-hydrogen) atoms. The Balaban J connectivity index is 1.69. The van der Waals surface area contributed by atoms with Gasteiger partial charge in [0.15, 0.2) is 0 Å². The molecule has 3 rings (SSSR count). The normalized spacial score (nSPS) is 13.9. The van der Waals surface area contributed by atoms with Crippen molar-refractivity contribution in [3.8, 4) is 5.75 Å². The standard InChI is InChI=1S/C19H23NO/c1-15-10-11-17-7-6-12-20(19(17)16(15)2)13-14-21-18-8-4-3-5-9-18/h3-5,8-11H,6-7,12-14H2,1-2H3. The van der Waals surface area contributed by atoms with Crippen molar-refractivity contribution in [3.05, 3.63) is 59.2 Å². The summed E-state index contributed by atoms with van der Waals surface area (Å²) in [5, 5.41) is 0. The van der Waals surface area contributed by atoms with Crippen LogP contribution in [0.4, 0.5) is 5.69 Å². The van der Waals surface area contributed by atoms with Crippen LogP contribution in [0.15, 0.2) is 42.5 Å². The van der Waals surface area contributed by atoms with Gasteiger partial charge >= 0.3 is 0 Å². The molecule has 0 saturated heterocycles. The minimum atomic E-state index is 0.733. The topological polar surface area (TPSA) is 12.5 Å². The van der Waals surface area contributed by atoms with Crippen LogP contribution in [0.1, 0.15) is 23.1 Å². The highest BCUT2D eigenvalue weighted by molar-refractivity contribution is 5.63. The van der Waals surface area contributed by atoms with Gasteiger partial charge in [-0.15, -0.1) is 0 Å². The number of hydrogen-bond donors (Lipinski definition) is 0. The molecule has 1 aliphatic heterocycles. The van der Waals surface area contributed by atoms with Gasteiger partial charge in [-0.2, -0.15) is 0 Å². The first kappa shape index (κ1) is 14.0. The molecule has 0 N–H and O–H groups in total. The maximum Gasteiger partial charge on any atom is 0.119 e. The number of benzene rings is 2. The fourth-order valence-corrected chi connectivity index (χ4v) is 3.09. The monoisotopic (exact) mass is 281 g/mol. The largest absolute Gasteiger partial charge is 0.492 e. The van der Waals surface area contributed by atoms with Crippen molar-refractivity contribution in [2.45, 2.75) is 26.7 Å². The zero-order valence-corrected chi connectivity index (χ0v) is 12.9. The van der Waals surface area contributed by atoms with Gasteiger partial charge in [-0.3, -0.25) is 0 Å². The van der Waals surface area contributed by atoms with Crippen molar-refractivity contribution in [1.82, 2.24) is 0 Å². The van der Waals surface area contributed by atoms with E-state index in [2.05, 4.69) is 30.9 Å². The second-order valence-electron chi connectivity index (χ2n) is 5.77. The number of ether oxygens (including phenoxy) is 1. The molecule has 0 fully saturated rings. The van der Waals surface area contributed by atoms with Gasteiger partial charge in [0.05, 0.1) is 6.54 Å². The smallest absolute Gasteiger partial charge is 0.119 e. The average Bonchev–Trinajstić information content (AvgIpc) is 2.52. The van der Waals surface area contributed by atoms with Gasteiger partial charge in [0.25, 0.3) is 0 Å². The Bertz CT molecular complexity index is 606. The number of para-hydroxylation sites is 1. The molecule has 0 spiro atoms. The first-order valence-electron chi connectivity index (χ1n) is 7.77. The van der Waals surface area contributed by atoms with Crippen LogP contribution in [0.25, 0.3) is 0 Å².